The normalized spacial score (nSPS) is 13.2. The SMILES string of the molecule is CCc1cc(Sc2ccc([S+](c3ccc(Sc4ccc(C(C)=O)c(CC)c4)cc3)c3ccc(Sc4ccc(C(C)=O)c(CC)c4)cc3)cc2)ccc1C(C)=O.O=S(=O)([O-])C(F)(F)C(F)(F)C(F)(F)C(F)(F)C(F)(F)C(F)(F)C(F)(F)C(F)(F)F. The van der Waals surface area contributed by atoms with Gasteiger partial charge in [0, 0.05) is 46.1 Å². The second-order valence-corrected chi connectivity index (χ2v) is 25.0. The van der Waals surface area contributed by atoms with Gasteiger partial charge in [-0.2, -0.15) is 74.6 Å². The third-order valence-corrected chi connectivity index (χ3v) is 18.5. The molecule has 28 heteroatoms. The molecule has 0 unspecified atom stereocenters. The Morgan fingerprint density at radius 3 is 0.821 bits per heavy atom. The van der Waals surface area contributed by atoms with Crippen LogP contribution in [0.25, 0.3) is 0 Å². The number of carbonyl (C=O) groups excluding carboxylic acids is 3. The number of rotatable bonds is 22. The molecule has 0 heterocycles. The molecular formula is C56H45F17O6S5. The molecule has 0 aromatic heterocycles. The van der Waals surface area contributed by atoms with Crippen LogP contribution >= 0.6 is 35.3 Å². The van der Waals surface area contributed by atoms with Crippen LogP contribution in [0.1, 0.15) is 89.3 Å². The summed E-state index contributed by atoms with van der Waals surface area (Å²) in [6, 6.07) is 45.1. The first-order chi connectivity index (χ1) is 38.6. The summed E-state index contributed by atoms with van der Waals surface area (Å²) in [6.07, 6.45) is -5.44. The lowest BCUT2D eigenvalue weighted by Crippen LogP contribution is -2.75. The monoisotopic (exact) mass is 1300 g/mol. The number of hydrogen-bond acceptors (Lipinski definition) is 9. The molecule has 6 aromatic rings. The molecule has 454 valence electrons. The van der Waals surface area contributed by atoms with Gasteiger partial charge in [0.25, 0.3) is 0 Å². The summed E-state index contributed by atoms with van der Waals surface area (Å²) in [5.74, 6) is -51.8. The zero-order chi connectivity index (χ0) is 63.6. The third kappa shape index (κ3) is 13.8. The Kier molecular flexibility index (Phi) is 21.3. The summed E-state index contributed by atoms with van der Waals surface area (Å²) in [7, 11) is -8.50. The standard InChI is InChI=1S/C48H45O3S4.C8HF17O3S/c1-7-34-28-40(16-25-46(34)31(4)49)52-37-10-19-43(20-11-37)55(44-21-12-38(13-22-44)53-41-17-26-47(32(5)50)35(8-2)29-41)45-23-14-39(15-24-45)54-42-18-27-48(33(6)51)36(9-3)30-42;9-1(10,3(13,14)5(17,18)7(21,22)23)2(11,12)4(15,16)6(19,20)8(24,25)29(26,27)28/h10-30H,7-9H2,1-6H3;(H,26,27,28)/q+1;/p-1. The fraction of sp³-hybridized carbons (Fsp3) is 0.304. The van der Waals surface area contributed by atoms with Gasteiger partial charge in [-0.15, -0.1) is 0 Å². The van der Waals surface area contributed by atoms with E-state index in [4.69, 9.17) is 0 Å². The number of halogens is 17. The van der Waals surface area contributed by atoms with Crippen LogP contribution in [-0.4, -0.2) is 77.3 Å². The Balaban J connectivity index is 0.000000378. The van der Waals surface area contributed by atoms with E-state index in [1.54, 1.807) is 56.1 Å². The maximum absolute atomic E-state index is 13.0. The highest BCUT2D eigenvalue weighted by molar-refractivity contribution is 8.00. The summed E-state index contributed by atoms with van der Waals surface area (Å²) in [4.78, 5) is 46.8. The van der Waals surface area contributed by atoms with Crippen molar-refractivity contribution in [3.63, 3.8) is 0 Å². The van der Waals surface area contributed by atoms with Crippen LogP contribution in [0.4, 0.5) is 74.6 Å². The highest BCUT2D eigenvalue weighted by Crippen LogP contribution is 2.64. The lowest BCUT2D eigenvalue weighted by Gasteiger charge is -2.42. The van der Waals surface area contributed by atoms with E-state index in [0.29, 0.717) is 0 Å². The highest BCUT2D eigenvalue weighted by Gasteiger charge is 2.95. The van der Waals surface area contributed by atoms with Crippen molar-refractivity contribution >= 4 is 73.6 Å². The van der Waals surface area contributed by atoms with Crippen LogP contribution in [0, 0.1) is 0 Å². The van der Waals surface area contributed by atoms with E-state index < -0.39 is 57.1 Å². The van der Waals surface area contributed by atoms with Gasteiger partial charge in [-0.05, 0) is 166 Å². The molecule has 0 spiro atoms. The zero-order valence-corrected chi connectivity index (χ0v) is 48.2. The van der Waals surface area contributed by atoms with Crippen LogP contribution < -0.4 is 0 Å². The Labute approximate surface area is 485 Å². The second kappa shape index (κ2) is 25.8. The van der Waals surface area contributed by atoms with Crippen molar-refractivity contribution in [1.82, 2.24) is 0 Å². The van der Waals surface area contributed by atoms with Crippen molar-refractivity contribution in [2.24, 2.45) is 0 Å². The maximum Gasteiger partial charge on any atom is 0.460 e. The van der Waals surface area contributed by atoms with E-state index >= 15 is 0 Å². The number of benzene rings is 6. The number of carbonyl (C=O) groups is 3. The zero-order valence-electron chi connectivity index (χ0n) is 44.2. The van der Waals surface area contributed by atoms with Crippen molar-refractivity contribution in [3.8, 4) is 0 Å². The molecule has 0 fully saturated rings. The van der Waals surface area contributed by atoms with Crippen LogP contribution in [0.5, 0.6) is 0 Å². The van der Waals surface area contributed by atoms with E-state index in [2.05, 4.69) is 112 Å². The van der Waals surface area contributed by atoms with Gasteiger partial charge in [0.2, 0.25) is 0 Å². The molecular weight excluding hydrogens is 1250 g/mol. The summed E-state index contributed by atoms with van der Waals surface area (Å²) in [6.45, 7) is 11.2. The molecule has 0 aliphatic heterocycles. The summed E-state index contributed by atoms with van der Waals surface area (Å²) >= 11 is 5.14. The quantitative estimate of drug-likeness (QED) is 0.0284. The van der Waals surface area contributed by atoms with Crippen molar-refractivity contribution in [1.29, 1.82) is 0 Å². The fourth-order valence-electron chi connectivity index (χ4n) is 7.86. The molecule has 0 amide bonds. The third-order valence-electron chi connectivity index (χ3n) is 12.4. The number of Topliss-reactive ketones (excluding diaryl/α,β-unsaturated/α-hetero) is 3. The minimum Gasteiger partial charge on any atom is -0.743 e. The number of hydrogen-bond donors (Lipinski definition) is 0. The number of alkyl halides is 17. The predicted molar refractivity (Wildman–Crippen MR) is 282 cm³/mol. The van der Waals surface area contributed by atoms with E-state index in [9.17, 15) is 102 Å². The molecule has 0 saturated carbocycles. The van der Waals surface area contributed by atoms with Crippen LogP contribution in [0.3, 0.4) is 0 Å². The van der Waals surface area contributed by atoms with Gasteiger partial charge in [-0.3, -0.25) is 14.4 Å². The van der Waals surface area contributed by atoms with Gasteiger partial charge in [0.1, 0.15) is 0 Å². The smallest absolute Gasteiger partial charge is 0.460 e. The van der Waals surface area contributed by atoms with Gasteiger partial charge in [0.05, 0.1) is 10.9 Å². The first kappa shape index (κ1) is 69.2. The van der Waals surface area contributed by atoms with E-state index in [-0.39, 0.29) is 28.2 Å². The fourth-order valence-corrected chi connectivity index (χ4v) is 13.0. The average Bonchev–Trinajstić information content (AvgIpc) is 0.715. The van der Waals surface area contributed by atoms with Crippen molar-refractivity contribution in [3.05, 3.63) is 161 Å². The predicted octanol–water partition coefficient (Wildman–Crippen LogP) is 18.0. The molecule has 0 radical (unpaired) electrons. The summed E-state index contributed by atoms with van der Waals surface area (Å²) in [5.41, 5.74) is 5.64. The first-order valence-electron chi connectivity index (χ1n) is 24.2. The number of ketones is 3. The lowest BCUT2D eigenvalue weighted by molar-refractivity contribution is -0.458. The van der Waals surface area contributed by atoms with E-state index in [1.807, 2.05) is 36.4 Å². The molecule has 0 aliphatic carbocycles. The topological polar surface area (TPSA) is 108 Å². The van der Waals surface area contributed by atoms with Crippen molar-refractivity contribution < 1.29 is 102 Å². The first-order valence-corrected chi connectivity index (χ1v) is 29.3. The molecule has 0 aliphatic rings. The molecule has 0 atom stereocenters. The van der Waals surface area contributed by atoms with Gasteiger partial charge in [0.15, 0.2) is 42.2 Å². The second-order valence-electron chi connectivity index (χ2n) is 18.1. The number of aryl methyl sites for hydroxylation is 3. The minimum absolute atomic E-state index is 0.103. The molecule has 6 nitrogen and oxygen atoms in total. The van der Waals surface area contributed by atoms with Gasteiger partial charge in [-0.1, -0.05) is 74.3 Å². The average molecular weight is 1300 g/mol. The molecule has 0 bridgehead atoms. The van der Waals surface area contributed by atoms with Crippen LogP contribution in [-0.2, 0) is 40.3 Å². The summed E-state index contributed by atoms with van der Waals surface area (Å²) in [5, 5.41) is -7.95. The van der Waals surface area contributed by atoms with Gasteiger partial charge >= 0.3 is 47.0 Å². The Morgan fingerprint density at radius 1 is 0.381 bits per heavy atom. The molecule has 6 aromatic carbocycles. The van der Waals surface area contributed by atoms with Crippen molar-refractivity contribution in [2.75, 3.05) is 0 Å². The van der Waals surface area contributed by atoms with Crippen LogP contribution in [0.15, 0.2) is 171 Å². The Morgan fingerprint density at radius 2 is 0.607 bits per heavy atom. The maximum atomic E-state index is 13.0. The van der Waals surface area contributed by atoms with E-state index in [0.717, 1.165) is 82.0 Å². The molecule has 0 saturated heterocycles. The van der Waals surface area contributed by atoms with Gasteiger partial charge < -0.3 is 4.55 Å². The highest BCUT2D eigenvalue weighted by atomic mass is 32.2. The molecule has 0 N–H and O–H groups in total. The Bertz CT molecular complexity index is 3220. The Hall–Kier alpha value is -5.55. The largest absolute Gasteiger partial charge is 0.743 e. The van der Waals surface area contributed by atoms with Gasteiger partial charge in [-0.25, -0.2) is 8.42 Å². The van der Waals surface area contributed by atoms with Crippen LogP contribution in [0.2, 0.25) is 0 Å². The van der Waals surface area contributed by atoms with E-state index in [1.165, 1.54) is 14.7 Å². The molecule has 84 heavy (non-hydrogen) atoms. The molecule has 6 rings (SSSR count). The summed E-state index contributed by atoms with van der Waals surface area (Å²) < 4.78 is 244. The lowest BCUT2D eigenvalue weighted by atomic mass is 9.91. The minimum atomic E-state index is -8.92. The van der Waals surface area contributed by atoms with Crippen molar-refractivity contribution in [2.45, 2.75) is 152 Å².